The summed E-state index contributed by atoms with van der Waals surface area (Å²) in [6, 6.07) is 11.3. The molecular weight excluding hydrogens is 434 g/mol. The molecule has 0 aromatic heterocycles. The number of cyclic esters (lactones) is 1. The second-order valence-electron chi connectivity index (χ2n) is 6.71. The van der Waals surface area contributed by atoms with Crippen LogP contribution in [0.1, 0.15) is 30.5 Å². The van der Waals surface area contributed by atoms with Crippen molar-refractivity contribution in [2.24, 2.45) is 4.99 Å². The highest BCUT2D eigenvalue weighted by atomic mass is 79.9. The minimum absolute atomic E-state index is 0.227. The van der Waals surface area contributed by atoms with Crippen LogP contribution in [0.2, 0.25) is 0 Å². The van der Waals surface area contributed by atoms with Gasteiger partial charge in [0.2, 0.25) is 5.90 Å². The molecule has 0 atom stereocenters. The molecular formula is C23H22BrNO4. The van der Waals surface area contributed by atoms with Gasteiger partial charge in [0.15, 0.2) is 17.2 Å². The molecule has 3 rings (SSSR count). The number of hydrogen-bond acceptors (Lipinski definition) is 5. The zero-order valence-corrected chi connectivity index (χ0v) is 18.2. The summed E-state index contributed by atoms with van der Waals surface area (Å²) in [6.45, 7) is 10.5. The summed E-state index contributed by atoms with van der Waals surface area (Å²) in [5.41, 5.74) is 3.75. The zero-order chi connectivity index (χ0) is 21.0. The molecule has 0 unspecified atom stereocenters. The third kappa shape index (κ3) is 5.15. The molecule has 0 saturated heterocycles. The van der Waals surface area contributed by atoms with Gasteiger partial charge in [-0.15, -0.1) is 0 Å². The summed E-state index contributed by atoms with van der Waals surface area (Å²) < 4.78 is 17.6. The lowest BCUT2D eigenvalue weighted by Crippen LogP contribution is -2.05. The Morgan fingerprint density at radius 1 is 1.24 bits per heavy atom. The van der Waals surface area contributed by atoms with E-state index in [1.807, 2.05) is 57.2 Å². The van der Waals surface area contributed by atoms with Crippen LogP contribution >= 0.6 is 15.9 Å². The lowest BCUT2D eigenvalue weighted by Gasteiger charge is -2.14. The maximum Gasteiger partial charge on any atom is 0.363 e. The lowest BCUT2D eigenvalue weighted by atomic mass is 10.1. The molecule has 0 saturated carbocycles. The molecule has 150 valence electrons. The molecule has 0 radical (unpaired) electrons. The van der Waals surface area contributed by atoms with Gasteiger partial charge < -0.3 is 14.2 Å². The number of aryl methyl sites for hydroxylation is 1. The number of hydrogen-bond donors (Lipinski definition) is 0. The molecule has 29 heavy (non-hydrogen) atoms. The summed E-state index contributed by atoms with van der Waals surface area (Å²) in [6.07, 6.45) is 1.67. The SMILES string of the molecule is C=C(C)COc1c(Br)cc(/C=C2\N=C(c3ccc(C)cc3)OC2=O)cc1OCC. The second-order valence-corrected chi connectivity index (χ2v) is 7.57. The first-order valence-corrected chi connectivity index (χ1v) is 9.99. The Morgan fingerprint density at radius 2 is 1.97 bits per heavy atom. The van der Waals surface area contributed by atoms with Gasteiger partial charge in [-0.1, -0.05) is 24.3 Å². The van der Waals surface area contributed by atoms with Crippen molar-refractivity contribution in [1.29, 1.82) is 0 Å². The topological polar surface area (TPSA) is 57.1 Å². The summed E-state index contributed by atoms with van der Waals surface area (Å²) in [5.74, 6) is 0.975. The molecule has 0 bridgehead atoms. The molecule has 0 N–H and O–H groups in total. The van der Waals surface area contributed by atoms with Crippen LogP contribution in [0.4, 0.5) is 0 Å². The fourth-order valence-electron chi connectivity index (χ4n) is 2.66. The van der Waals surface area contributed by atoms with E-state index in [2.05, 4.69) is 27.5 Å². The number of carbonyl (C=O) groups excluding carboxylic acids is 1. The van der Waals surface area contributed by atoms with E-state index in [9.17, 15) is 4.79 Å². The molecule has 1 aliphatic rings. The highest BCUT2D eigenvalue weighted by molar-refractivity contribution is 9.10. The Kier molecular flexibility index (Phi) is 6.54. The Bertz CT molecular complexity index is 1010. The van der Waals surface area contributed by atoms with E-state index in [1.54, 1.807) is 6.08 Å². The van der Waals surface area contributed by atoms with Crippen LogP contribution in [-0.4, -0.2) is 25.1 Å². The summed E-state index contributed by atoms with van der Waals surface area (Å²) in [4.78, 5) is 16.6. The lowest BCUT2D eigenvalue weighted by molar-refractivity contribution is -0.129. The average molecular weight is 456 g/mol. The van der Waals surface area contributed by atoms with Crippen LogP contribution in [0.3, 0.4) is 0 Å². The second kappa shape index (κ2) is 9.09. The molecule has 1 heterocycles. The Hall–Kier alpha value is -2.86. The van der Waals surface area contributed by atoms with E-state index in [0.29, 0.717) is 35.1 Å². The highest BCUT2D eigenvalue weighted by Gasteiger charge is 2.24. The van der Waals surface area contributed by atoms with Gasteiger partial charge in [-0.25, -0.2) is 9.79 Å². The number of aliphatic imine (C=N–C) groups is 1. The third-order valence-electron chi connectivity index (χ3n) is 4.02. The van der Waals surface area contributed by atoms with Gasteiger partial charge >= 0.3 is 5.97 Å². The van der Waals surface area contributed by atoms with Crippen molar-refractivity contribution in [2.75, 3.05) is 13.2 Å². The number of rotatable bonds is 7. The number of halogens is 1. The van der Waals surface area contributed by atoms with Gasteiger partial charge in [-0.05, 0) is 78.2 Å². The smallest absolute Gasteiger partial charge is 0.363 e. The summed E-state index contributed by atoms with van der Waals surface area (Å²) in [7, 11) is 0. The molecule has 2 aromatic rings. The largest absolute Gasteiger partial charge is 0.490 e. The van der Waals surface area contributed by atoms with Crippen LogP contribution in [0.15, 0.2) is 63.7 Å². The molecule has 0 spiro atoms. The van der Waals surface area contributed by atoms with E-state index < -0.39 is 5.97 Å². The van der Waals surface area contributed by atoms with Crippen molar-refractivity contribution in [2.45, 2.75) is 20.8 Å². The number of nitrogens with zero attached hydrogens (tertiary/aromatic N) is 1. The monoisotopic (exact) mass is 455 g/mol. The quantitative estimate of drug-likeness (QED) is 0.316. The molecule has 5 nitrogen and oxygen atoms in total. The minimum atomic E-state index is -0.489. The van der Waals surface area contributed by atoms with Crippen LogP contribution in [0, 0.1) is 6.92 Å². The molecule has 1 aliphatic heterocycles. The first kappa shape index (κ1) is 20.9. The van der Waals surface area contributed by atoms with Crippen LogP contribution in [-0.2, 0) is 9.53 Å². The summed E-state index contributed by atoms with van der Waals surface area (Å²) in [5, 5.41) is 0. The maximum absolute atomic E-state index is 12.3. The molecule has 6 heteroatoms. The number of carbonyl (C=O) groups is 1. The van der Waals surface area contributed by atoms with Crippen molar-refractivity contribution in [3.05, 3.63) is 75.4 Å². The van der Waals surface area contributed by atoms with Gasteiger partial charge in [0.25, 0.3) is 0 Å². The van der Waals surface area contributed by atoms with Crippen molar-refractivity contribution >= 4 is 33.9 Å². The average Bonchev–Trinajstić information content (AvgIpc) is 3.02. The van der Waals surface area contributed by atoms with Crippen molar-refractivity contribution in [3.8, 4) is 11.5 Å². The van der Waals surface area contributed by atoms with E-state index in [-0.39, 0.29) is 5.70 Å². The van der Waals surface area contributed by atoms with Gasteiger partial charge in [0.05, 0.1) is 11.1 Å². The fraction of sp³-hybridized carbons (Fsp3) is 0.217. The molecule has 2 aromatic carbocycles. The van der Waals surface area contributed by atoms with Crippen molar-refractivity contribution in [3.63, 3.8) is 0 Å². The number of benzene rings is 2. The number of ether oxygens (including phenoxy) is 3. The molecule has 0 amide bonds. The zero-order valence-electron chi connectivity index (χ0n) is 16.6. The Balaban J connectivity index is 1.93. The van der Waals surface area contributed by atoms with E-state index in [1.165, 1.54) is 0 Å². The van der Waals surface area contributed by atoms with Crippen LogP contribution < -0.4 is 9.47 Å². The predicted octanol–water partition coefficient (Wildman–Crippen LogP) is 5.46. The minimum Gasteiger partial charge on any atom is -0.490 e. The van der Waals surface area contributed by atoms with E-state index in [4.69, 9.17) is 14.2 Å². The Labute approximate surface area is 178 Å². The maximum atomic E-state index is 12.3. The van der Waals surface area contributed by atoms with Gasteiger partial charge in [0.1, 0.15) is 6.61 Å². The van der Waals surface area contributed by atoms with Gasteiger partial charge in [0, 0.05) is 5.56 Å². The van der Waals surface area contributed by atoms with Crippen molar-refractivity contribution < 1.29 is 19.0 Å². The normalized spacial score (nSPS) is 14.6. The van der Waals surface area contributed by atoms with E-state index in [0.717, 1.165) is 22.3 Å². The van der Waals surface area contributed by atoms with E-state index >= 15 is 0 Å². The first-order valence-electron chi connectivity index (χ1n) is 9.20. The predicted molar refractivity (Wildman–Crippen MR) is 117 cm³/mol. The number of esters is 1. The fourth-order valence-corrected chi connectivity index (χ4v) is 3.23. The Morgan fingerprint density at radius 3 is 2.62 bits per heavy atom. The third-order valence-corrected chi connectivity index (χ3v) is 4.61. The van der Waals surface area contributed by atoms with Gasteiger partial charge in [-0.3, -0.25) is 0 Å². The first-order chi connectivity index (χ1) is 13.9. The van der Waals surface area contributed by atoms with Gasteiger partial charge in [-0.2, -0.15) is 0 Å². The highest BCUT2D eigenvalue weighted by Crippen LogP contribution is 2.38. The van der Waals surface area contributed by atoms with Crippen LogP contribution in [0.25, 0.3) is 6.08 Å². The standard InChI is InChI=1S/C23H22BrNO4/c1-5-27-20-12-16(10-18(24)21(20)28-13-14(2)3)11-19-23(26)29-22(25-19)17-8-6-15(4)7-9-17/h6-12H,2,5,13H2,1,3-4H3/b19-11-. The molecule has 0 fully saturated rings. The van der Waals surface area contributed by atoms with Crippen LogP contribution in [0.5, 0.6) is 11.5 Å². The molecule has 0 aliphatic carbocycles. The summed E-state index contributed by atoms with van der Waals surface area (Å²) >= 11 is 3.52. The van der Waals surface area contributed by atoms with Crippen molar-refractivity contribution in [1.82, 2.24) is 0 Å².